The summed E-state index contributed by atoms with van der Waals surface area (Å²) in [6, 6.07) is 12.3. The molecule has 0 unspecified atom stereocenters. The van der Waals surface area contributed by atoms with Crippen molar-refractivity contribution in [1.29, 1.82) is 0 Å². The number of benzene rings is 2. The lowest BCUT2D eigenvalue weighted by Crippen LogP contribution is -2.18. The first kappa shape index (κ1) is 17.8. The molecule has 0 fully saturated rings. The molecule has 126 valence electrons. The van der Waals surface area contributed by atoms with Crippen molar-refractivity contribution in [2.75, 3.05) is 13.7 Å². The second kappa shape index (κ2) is 8.93. The topological polar surface area (TPSA) is 59.9 Å². The molecule has 0 atom stereocenters. The third-order valence-corrected chi connectivity index (χ3v) is 3.50. The van der Waals surface area contributed by atoms with Gasteiger partial charge in [0.25, 0.3) is 5.91 Å². The van der Waals surface area contributed by atoms with Crippen molar-refractivity contribution in [3.05, 3.63) is 58.6 Å². The molecule has 6 heteroatoms. The van der Waals surface area contributed by atoms with E-state index in [1.165, 1.54) is 6.21 Å². The molecule has 0 aliphatic rings. The van der Waals surface area contributed by atoms with E-state index in [1.54, 1.807) is 31.4 Å². The van der Waals surface area contributed by atoms with E-state index in [-0.39, 0.29) is 5.91 Å². The van der Waals surface area contributed by atoms with Gasteiger partial charge in [0.2, 0.25) is 0 Å². The number of methoxy groups -OCH3 is 1. The van der Waals surface area contributed by atoms with Gasteiger partial charge in [0.05, 0.1) is 30.5 Å². The normalized spacial score (nSPS) is 10.6. The van der Waals surface area contributed by atoms with Crippen molar-refractivity contribution < 1.29 is 14.3 Å². The first-order chi connectivity index (χ1) is 11.7. The van der Waals surface area contributed by atoms with E-state index in [4.69, 9.17) is 21.1 Å². The van der Waals surface area contributed by atoms with Gasteiger partial charge < -0.3 is 9.47 Å². The molecule has 2 rings (SSSR count). The highest BCUT2D eigenvalue weighted by atomic mass is 35.5. The highest BCUT2D eigenvalue weighted by Gasteiger charge is 2.10. The maximum absolute atomic E-state index is 12.1. The summed E-state index contributed by atoms with van der Waals surface area (Å²) < 4.78 is 11.0. The van der Waals surface area contributed by atoms with Gasteiger partial charge in [-0.25, -0.2) is 5.43 Å². The number of para-hydroxylation sites is 1. The van der Waals surface area contributed by atoms with Crippen LogP contribution < -0.4 is 14.9 Å². The molecule has 0 aromatic heterocycles. The summed E-state index contributed by atoms with van der Waals surface area (Å²) in [5, 5.41) is 4.36. The summed E-state index contributed by atoms with van der Waals surface area (Å²) in [6.45, 7) is 2.58. The average Bonchev–Trinajstić information content (AvgIpc) is 2.60. The maximum atomic E-state index is 12.1. The van der Waals surface area contributed by atoms with E-state index in [2.05, 4.69) is 10.5 Å². The lowest BCUT2D eigenvalue weighted by atomic mass is 10.2. The Morgan fingerprint density at radius 2 is 2.04 bits per heavy atom. The van der Waals surface area contributed by atoms with Crippen LogP contribution in [0.25, 0.3) is 0 Å². The van der Waals surface area contributed by atoms with Gasteiger partial charge in [0.1, 0.15) is 0 Å². The molecular weight excluding hydrogens is 328 g/mol. The predicted octanol–water partition coefficient (Wildman–Crippen LogP) is 3.90. The number of hydrogen-bond acceptors (Lipinski definition) is 4. The lowest BCUT2D eigenvalue weighted by molar-refractivity contribution is 0.0955. The molecule has 5 nitrogen and oxygen atoms in total. The molecule has 0 saturated carbocycles. The number of halogens is 1. The van der Waals surface area contributed by atoms with Gasteiger partial charge in [-0.05, 0) is 30.7 Å². The Morgan fingerprint density at radius 1 is 1.25 bits per heavy atom. The highest BCUT2D eigenvalue weighted by molar-refractivity contribution is 6.33. The van der Waals surface area contributed by atoms with Crippen LogP contribution in [0.5, 0.6) is 11.5 Å². The van der Waals surface area contributed by atoms with Crippen LogP contribution in [-0.2, 0) is 0 Å². The van der Waals surface area contributed by atoms with E-state index in [0.717, 1.165) is 6.42 Å². The molecular formula is C18H19ClN2O3. The van der Waals surface area contributed by atoms with Crippen molar-refractivity contribution in [2.24, 2.45) is 5.10 Å². The van der Waals surface area contributed by atoms with Gasteiger partial charge in [-0.15, -0.1) is 0 Å². The highest BCUT2D eigenvalue weighted by Crippen LogP contribution is 2.30. The molecule has 0 saturated heterocycles. The molecule has 0 radical (unpaired) electrons. The molecule has 0 bridgehead atoms. The SMILES string of the molecule is CCCOc1c(/C=N\NC(=O)c2ccccc2Cl)cccc1OC. The van der Waals surface area contributed by atoms with Crippen molar-refractivity contribution in [2.45, 2.75) is 13.3 Å². The van der Waals surface area contributed by atoms with Gasteiger partial charge in [-0.3, -0.25) is 4.79 Å². The van der Waals surface area contributed by atoms with Crippen LogP contribution in [-0.4, -0.2) is 25.8 Å². The van der Waals surface area contributed by atoms with Crippen LogP contribution in [0.15, 0.2) is 47.6 Å². The van der Waals surface area contributed by atoms with Crippen molar-refractivity contribution >= 4 is 23.7 Å². The van der Waals surface area contributed by atoms with E-state index in [9.17, 15) is 4.79 Å². The quantitative estimate of drug-likeness (QED) is 0.611. The van der Waals surface area contributed by atoms with Crippen LogP contribution in [0.4, 0.5) is 0 Å². The monoisotopic (exact) mass is 346 g/mol. The van der Waals surface area contributed by atoms with Crippen molar-refractivity contribution in [3.63, 3.8) is 0 Å². The molecule has 1 N–H and O–H groups in total. The summed E-state index contributed by atoms with van der Waals surface area (Å²) in [4.78, 5) is 12.1. The number of nitrogens with zero attached hydrogens (tertiary/aromatic N) is 1. The Labute approximate surface area is 146 Å². The van der Waals surface area contributed by atoms with Crippen molar-refractivity contribution in [3.8, 4) is 11.5 Å². The number of carbonyl (C=O) groups excluding carboxylic acids is 1. The summed E-state index contributed by atoms with van der Waals surface area (Å²) in [7, 11) is 1.58. The van der Waals surface area contributed by atoms with Crippen LogP contribution in [0.2, 0.25) is 5.02 Å². The second-order valence-corrected chi connectivity index (χ2v) is 5.31. The zero-order valence-corrected chi connectivity index (χ0v) is 14.3. The fourth-order valence-electron chi connectivity index (χ4n) is 2.02. The molecule has 0 spiro atoms. The number of hydrazone groups is 1. The minimum absolute atomic E-state index is 0.365. The molecule has 1 amide bonds. The molecule has 24 heavy (non-hydrogen) atoms. The zero-order chi connectivity index (χ0) is 17.4. The largest absolute Gasteiger partial charge is 0.493 e. The van der Waals surface area contributed by atoms with Crippen LogP contribution in [0.3, 0.4) is 0 Å². The van der Waals surface area contributed by atoms with Crippen molar-refractivity contribution in [1.82, 2.24) is 5.43 Å². The third-order valence-electron chi connectivity index (χ3n) is 3.17. The number of rotatable bonds is 7. The second-order valence-electron chi connectivity index (χ2n) is 4.91. The van der Waals surface area contributed by atoms with Crippen LogP contribution in [0.1, 0.15) is 29.3 Å². The Balaban J connectivity index is 2.14. The smallest absolute Gasteiger partial charge is 0.272 e. The maximum Gasteiger partial charge on any atom is 0.272 e. The summed E-state index contributed by atoms with van der Waals surface area (Å²) in [5.74, 6) is 0.832. The van der Waals surface area contributed by atoms with E-state index >= 15 is 0 Å². The van der Waals surface area contributed by atoms with Gasteiger partial charge in [0.15, 0.2) is 11.5 Å². The van der Waals surface area contributed by atoms with Crippen LogP contribution >= 0.6 is 11.6 Å². The number of amides is 1. The Hall–Kier alpha value is -2.53. The Morgan fingerprint density at radius 3 is 2.75 bits per heavy atom. The molecule has 0 aliphatic carbocycles. The molecule has 0 aliphatic heterocycles. The van der Waals surface area contributed by atoms with E-state index in [1.807, 2.05) is 25.1 Å². The average molecular weight is 347 g/mol. The number of hydrogen-bond donors (Lipinski definition) is 1. The van der Waals surface area contributed by atoms with Gasteiger partial charge in [0, 0.05) is 5.56 Å². The van der Waals surface area contributed by atoms with Gasteiger partial charge >= 0.3 is 0 Å². The third kappa shape index (κ3) is 4.49. The first-order valence-electron chi connectivity index (χ1n) is 7.55. The minimum Gasteiger partial charge on any atom is -0.493 e. The van der Waals surface area contributed by atoms with E-state index in [0.29, 0.717) is 34.3 Å². The first-order valence-corrected chi connectivity index (χ1v) is 7.93. The summed E-state index contributed by atoms with van der Waals surface area (Å²) in [5.41, 5.74) is 3.53. The fourth-order valence-corrected chi connectivity index (χ4v) is 2.24. The molecule has 2 aromatic carbocycles. The van der Waals surface area contributed by atoms with E-state index < -0.39 is 0 Å². The Bertz CT molecular complexity index is 732. The number of carbonyl (C=O) groups is 1. The minimum atomic E-state index is -0.379. The summed E-state index contributed by atoms with van der Waals surface area (Å²) >= 11 is 5.99. The molecule has 2 aromatic rings. The number of nitrogens with one attached hydrogen (secondary N) is 1. The van der Waals surface area contributed by atoms with Gasteiger partial charge in [-0.1, -0.05) is 36.7 Å². The van der Waals surface area contributed by atoms with Crippen LogP contribution in [0, 0.1) is 0 Å². The zero-order valence-electron chi connectivity index (χ0n) is 13.6. The number of ether oxygens (including phenoxy) is 2. The Kier molecular flexibility index (Phi) is 6.63. The summed E-state index contributed by atoms with van der Waals surface area (Å²) in [6.07, 6.45) is 2.39. The standard InChI is InChI=1S/C18H19ClN2O3/c1-3-11-24-17-13(7-6-10-16(17)23-2)12-20-21-18(22)14-8-4-5-9-15(14)19/h4-10,12H,3,11H2,1-2H3,(H,21,22)/b20-12-. The molecule has 0 heterocycles. The predicted molar refractivity (Wildman–Crippen MR) is 95.3 cm³/mol. The lowest BCUT2D eigenvalue weighted by Gasteiger charge is -2.12. The fraction of sp³-hybridized carbons (Fsp3) is 0.222. The van der Waals surface area contributed by atoms with Gasteiger partial charge in [-0.2, -0.15) is 5.10 Å².